The maximum atomic E-state index is 11.7. The van der Waals surface area contributed by atoms with Gasteiger partial charge in [-0.25, -0.2) is 4.68 Å². The van der Waals surface area contributed by atoms with Crippen LogP contribution in [-0.4, -0.2) is 45.9 Å². The van der Waals surface area contributed by atoms with Crippen molar-refractivity contribution in [2.45, 2.75) is 32.9 Å². The highest BCUT2D eigenvalue weighted by Gasteiger charge is 2.20. The van der Waals surface area contributed by atoms with Crippen LogP contribution in [0.5, 0.6) is 0 Å². The molecule has 0 atom stereocenters. The van der Waals surface area contributed by atoms with E-state index in [-0.39, 0.29) is 12.5 Å². The third kappa shape index (κ3) is 3.80. The molecule has 0 aromatic carbocycles. The fraction of sp³-hybridized carbons (Fsp3) is 0.750. The lowest BCUT2D eigenvalue weighted by molar-refractivity contribution is -0.130. The number of likely N-dealkylation sites (N-methyl/N-ethyl adjacent to an activating group) is 1. The van der Waals surface area contributed by atoms with Crippen LogP contribution in [-0.2, 0) is 17.9 Å². The molecule has 0 aliphatic heterocycles. The van der Waals surface area contributed by atoms with Crippen molar-refractivity contribution in [1.29, 1.82) is 0 Å². The molecule has 100 valence electrons. The maximum absolute atomic E-state index is 11.7. The molecule has 1 aromatic heterocycles. The summed E-state index contributed by atoms with van der Waals surface area (Å²) in [5.74, 6) is 0.916. The average Bonchev–Trinajstić information content (AvgIpc) is 3.08. The second kappa shape index (κ2) is 5.95. The highest BCUT2D eigenvalue weighted by molar-refractivity contribution is 5.75. The van der Waals surface area contributed by atoms with Gasteiger partial charge < -0.3 is 10.2 Å². The number of amides is 1. The zero-order valence-electron chi connectivity index (χ0n) is 11.1. The Hall–Kier alpha value is -1.43. The fourth-order valence-electron chi connectivity index (χ4n) is 1.66. The van der Waals surface area contributed by atoms with Crippen LogP contribution in [0.2, 0.25) is 0 Å². The first-order chi connectivity index (χ1) is 8.69. The molecule has 1 aliphatic carbocycles. The van der Waals surface area contributed by atoms with Crippen LogP contribution in [0.15, 0.2) is 6.20 Å². The minimum absolute atomic E-state index is 0.0555. The molecule has 6 heteroatoms. The van der Waals surface area contributed by atoms with Gasteiger partial charge in [-0.15, -0.1) is 5.10 Å². The Morgan fingerprint density at radius 3 is 3.06 bits per heavy atom. The van der Waals surface area contributed by atoms with Crippen LogP contribution in [0.1, 0.15) is 25.5 Å². The minimum Gasteiger partial charge on any atom is -0.344 e. The molecule has 0 saturated heterocycles. The molecule has 18 heavy (non-hydrogen) atoms. The summed E-state index contributed by atoms with van der Waals surface area (Å²) in [6.45, 7) is 4.72. The highest BCUT2D eigenvalue weighted by atomic mass is 16.2. The van der Waals surface area contributed by atoms with Crippen LogP contribution < -0.4 is 5.32 Å². The zero-order valence-corrected chi connectivity index (χ0v) is 11.1. The van der Waals surface area contributed by atoms with Crippen LogP contribution in [0.4, 0.5) is 0 Å². The number of rotatable bonds is 7. The fourth-order valence-corrected chi connectivity index (χ4v) is 1.66. The lowest BCUT2D eigenvalue weighted by Gasteiger charge is -2.13. The van der Waals surface area contributed by atoms with Gasteiger partial charge in [0, 0.05) is 20.1 Å². The molecular formula is C12H21N5O. The molecule has 6 nitrogen and oxygen atoms in total. The van der Waals surface area contributed by atoms with E-state index in [1.54, 1.807) is 16.6 Å². The summed E-state index contributed by atoms with van der Waals surface area (Å²) in [6, 6.07) is 0. The van der Waals surface area contributed by atoms with E-state index in [2.05, 4.69) is 15.6 Å². The van der Waals surface area contributed by atoms with E-state index in [0.29, 0.717) is 6.54 Å². The molecule has 1 heterocycles. The van der Waals surface area contributed by atoms with Crippen molar-refractivity contribution in [3.63, 3.8) is 0 Å². The monoisotopic (exact) mass is 251 g/mol. The van der Waals surface area contributed by atoms with Crippen molar-refractivity contribution in [2.75, 3.05) is 20.1 Å². The van der Waals surface area contributed by atoms with Crippen LogP contribution in [0.25, 0.3) is 0 Å². The first kappa shape index (κ1) is 13.0. The maximum Gasteiger partial charge on any atom is 0.244 e. The van der Waals surface area contributed by atoms with Gasteiger partial charge in [0.1, 0.15) is 6.54 Å². The normalized spacial score (nSPS) is 14.8. The predicted molar refractivity (Wildman–Crippen MR) is 67.8 cm³/mol. The number of nitrogens with zero attached hydrogens (tertiary/aromatic N) is 4. The van der Waals surface area contributed by atoms with Crippen LogP contribution in [0, 0.1) is 5.92 Å². The zero-order chi connectivity index (χ0) is 13.0. The Morgan fingerprint density at radius 2 is 2.39 bits per heavy atom. The van der Waals surface area contributed by atoms with E-state index >= 15 is 0 Å². The second-order valence-corrected chi connectivity index (χ2v) is 4.89. The topological polar surface area (TPSA) is 63.1 Å². The lowest BCUT2D eigenvalue weighted by atomic mass is 10.4. The molecule has 0 bridgehead atoms. The molecule has 0 radical (unpaired) electrons. The predicted octanol–water partition coefficient (Wildman–Crippen LogP) is 0.256. The van der Waals surface area contributed by atoms with Gasteiger partial charge in [0.05, 0.1) is 11.9 Å². The van der Waals surface area contributed by atoms with Gasteiger partial charge in [-0.3, -0.25) is 4.79 Å². The Balaban J connectivity index is 1.75. The lowest BCUT2D eigenvalue weighted by Crippen LogP contribution is -2.30. The second-order valence-electron chi connectivity index (χ2n) is 4.89. The summed E-state index contributed by atoms with van der Waals surface area (Å²) in [5.41, 5.74) is 0.891. The van der Waals surface area contributed by atoms with Gasteiger partial charge >= 0.3 is 0 Å². The minimum atomic E-state index is 0.0555. The first-order valence-electron chi connectivity index (χ1n) is 6.52. The van der Waals surface area contributed by atoms with E-state index in [9.17, 15) is 4.79 Å². The van der Waals surface area contributed by atoms with Gasteiger partial charge in [-0.2, -0.15) is 0 Å². The Bertz CT molecular complexity index is 399. The van der Waals surface area contributed by atoms with Gasteiger partial charge in [0.2, 0.25) is 5.91 Å². The van der Waals surface area contributed by atoms with Crippen molar-refractivity contribution in [1.82, 2.24) is 25.2 Å². The van der Waals surface area contributed by atoms with Gasteiger partial charge in [0.15, 0.2) is 0 Å². The number of hydrogen-bond donors (Lipinski definition) is 1. The van der Waals surface area contributed by atoms with Crippen molar-refractivity contribution in [2.24, 2.45) is 5.92 Å². The average molecular weight is 251 g/mol. The van der Waals surface area contributed by atoms with E-state index < -0.39 is 0 Å². The highest BCUT2D eigenvalue weighted by Crippen LogP contribution is 2.27. The quantitative estimate of drug-likeness (QED) is 0.755. The first-order valence-corrected chi connectivity index (χ1v) is 6.52. The molecule has 2 rings (SSSR count). The summed E-state index contributed by atoms with van der Waals surface area (Å²) < 4.78 is 1.60. The van der Waals surface area contributed by atoms with Gasteiger partial charge in [0.25, 0.3) is 0 Å². The largest absolute Gasteiger partial charge is 0.344 e. The Morgan fingerprint density at radius 1 is 1.61 bits per heavy atom. The molecule has 0 unspecified atom stereocenters. The Labute approximate surface area is 107 Å². The van der Waals surface area contributed by atoms with Gasteiger partial charge in [-0.1, -0.05) is 5.21 Å². The molecular weight excluding hydrogens is 230 g/mol. The van der Waals surface area contributed by atoms with Crippen molar-refractivity contribution in [3.05, 3.63) is 11.9 Å². The molecule has 1 amide bonds. The molecule has 1 aromatic rings. The molecule has 0 spiro atoms. The van der Waals surface area contributed by atoms with E-state index in [4.69, 9.17) is 0 Å². The SMILES string of the molecule is CCN(C)C(=O)Cn1cc(CNCC2CC2)nn1. The van der Waals surface area contributed by atoms with Crippen LogP contribution >= 0.6 is 0 Å². The third-order valence-corrected chi connectivity index (χ3v) is 3.22. The van der Waals surface area contributed by atoms with Gasteiger partial charge in [-0.05, 0) is 32.2 Å². The molecule has 1 aliphatic rings. The summed E-state index contributed by atoms with van der Waals surface area (Å²) in [6.07, 6.45) is 4.52. The summed E-state index contributed by atoms with van der Waals surface area (Å²) >= 11 is 0. The number of carbonyl (C=O) groups is 1. The number of hydrogen-bond acceptors (Lipinski definition) is 4. The van der Waals surface area contributed by atoms with Crippen molar-refractivity contribution in [3.8, 4) is 0 Å². The number of nitrogens with one attached hydrogen (secondary N) is 1. The van der Waals surface area contributed by atoms with E-state index in [0.717, 1.165) is 24.7 Å². The standard InChI is InChI=1S/C12H21N5O/c1-3-16(2)12(18)9-17-8-11(14-15-17)7-13-6-10-4-5-10/h8,10,13H,3-7,9H2,1-2H3. The van der Waals surface area contributed by atoms with E-state index in [1.807, 2.05) is 13.1 Å². The number of carbonyl (C=O) groups excluding carboxylic acids is 1. The summed E-state index contributed by atoms with van der Waals surface area (Å²) in [7, 11) is 1.79. The molecule has 1 saturated carbocycles. The van der Waals surface area contributed by atoms with Crippen LogP contribution in [0.3, 0.4) is 0 Å². The molecule has 1 N–H and O–H groups in total. The Kier molecular flexibility index (Phi) is 4.30. The van der Waals surface area contributed by atoms with Crippen molar-refractivity contribution < 1.29 is 4.79 Å². The number of aromatic nitrogens is 3. The van der Waals surface area contributed by atoms with E-state index in [1.165, 1.54) is 12.8 Å². The molecule has 1 fully saturated rings. The smallest absolute Gasteiger partial charge is 0.244 e. The third-order valence-electron chi connectivity index (χ3n) is 3.22. The van der Waals surface area contributed by atoms with Crippen molar-refractivity contribution >= 4 is 5.91 Å². The summed E-state index contributed by atoms with van der Waals surface area (Å²) in [4.78, 5) is 13.4. The summed E-state index contributed by atoms with van der Waals surface area (Å²) in [5, 5.41) is 11.4.